The van der Waals surface area contributed by atoms with Crippen molar-refractivity contribution in [2.45, 2.75) is 32.1 Å². The summed E-state index contributed by atoms with van der Waals surface area (Å²) in [6, 6.07) is 1.88. The molecule has 0 aliphatic heterocycles. The highest BCUT2D eigenvalue weighted by molar-refractivity contribution is 7.71. The number of rotatable bonds is 2. The Kier molecular flexibility index (Phi) is 3.45. The fraction of sp³-hybridized carbons (Fsp3) is 0.556. The Morgan fingerprint density at radius 2 is 2.08 bits per heavy atom. The van der Waals surface area contributed by atoms with E-state index in [2.05, 4.69) is 23.8 Å². The first-order valence-corrected chi connectivity index (χ1v) is 5.10. The summed E-state index contributed by atoms with van der Waals surface area (Å²) >= 11 is 10.9. The largest absolute Gasteiger partial charge is 0.346 e. The zero-order chi connectivity index (χ0) is 10.0. The van der Waals surface area contributed by atoms with E-state index in [0.717, 1.165) is 11.5 Å². The number of aromatic nitrogens is 2. The molecule has 0 aromatic carbocycles. The van der Waals surface area contributed by atoms with Gasteiger partial charge in [0.05, 0.1) is 5.38 Å². The summed E-state index contributed by atoms with van der Waals surface area (Å²) in [5.74, 6) is 1.16. The highest BCUT2D eigenvalue weighted by atomic mass is 35.5. The van der Waals surface area contributed by atoms with Gasteiger partial charge in [0, 0.05) is 5.69 Å². The first-order valence-electron chi connectivity index (χ1n) is 4.26. The van der Waals surface area contributed by atoms with Crippen LogP contribution in [0.15, 0.2) is 6.07 Å². The van der Waals surface area contributed by atoms with Gasteiger partial charge in [0.2, 0.25) is 0 Å². The summed E-state index contributed by atoms with van der Waals surface area (Å²) in [4.78, 5) is 7.32. The predicted octanol–water partition coefficient (Wildman–Crippen LogP) is 3.56. The van der Waals surface area contributed by atoms with Gasteiger partial charge in [-0.15, -0.1) is 11.6 Å². The van der Waals surface area contributed by atoms with Gasteiger partial charge < -0.3 is 4.98 Å². The van der Waals surface area contributed by atoms with Crippen LogP contribution in [0.3, 0.4) is 0 Å². The van der Waals surface area contributed by atoms with Crippen LogP contribution >= 0.6 is 23.8 Å². The van der Waals surface area contributed by atoms with E-state index in [1.165, 1.54) is 0 Å². The third-order valence-electron chi connectivity index (χ3n) is 1.78. The molecule has 0 saturated heterocycles. The summed E-state index contributed by atoms with van der Waals surface area (Å²) in [5, 5.41) is -0.125. The van der Waals surface area contributed by atoms with E-state index in [-0.39, 0.29) is 5.38 Å². The Labute approximate surface area is 88.4 Å². The number of nitrogens with zero attached hydrogens (tertiary/aromatic N) is 1. The van der Waals surface area contributed by atoms with E-state index in [0.29, 0.717) is 10.6 Å². The van der Waals surface area contributed by atoms with Crippen LogP contribution in [0.4, 0.5) is 0 Å². The number of alkyl halides is 1. The van der Waals surface area contributed by atoms with Crippen molar-refractivity contribution in [3.63, 3.8) is 0 Å². The Balaban J connectivity index is 3.19. The molecule has 0 saturated carbocycles. The highest BCUT2D eigenvalue weighted by Gasteiger charge is 2.06. The zero-order valence-electron chi connectivity index (χ0n) is 7.97. The van der Waals surface area contributed by atoms with Crippen molar-refractivity contribution in [2.75, 3.05) is 0 Å². The first-order chi connectivity index (χ1) is 6.00. The van der Waals surface area contributed by atoms with Crippen molar-refractivity contribution >= 4 is 23.8 Å². The maximum absolute atomic E-state index is 5.91. The van der Waals surface area contributed by atoms with Crippen LogP contribution in [0.5, 0.6) is 0 Å². The lowest BCUT2D eigenvalue weighted by molar-refractivity contribution is 0.778. The van der Waals surface area contributed by atoms with Crippen molar-refractivity contribution in [3.05, 3.63) is 22.2 Å². The monoisotopic (exact) mass is 216 g/mol. The lowest BCUT2D eigenvalue weighted by Gasteiger charge is -2.09. The molecule has 1 N–H and O–H groups in total. The zero-order valence-corrected chi connectivity index (χ0v) is 9.54. The van der Waals surface area contributed by atoms with Crippen LogP contribution in [0.1, 0.15) is 43.6 Å². The molecule has 1 rings (SSSR count). The van der Waals surface area contributed by atoms with Gasteiger partial charge in [-0.2, -0.15) is 0 Å². The Morgan fingerprint density at radius 1 is 1.46 bits per heavy atom. The molecule has 1 atom stereocenters. The molecule has 2 nitrogen and oxygen atoms in total. The quantitative estimate of drug-likeness (QED) is 0.605. The lowest BCUT2D eigenvalue weighted by atomic mass is 10.1. The normalized spacial score (nSPS) is 13.3. The minimum absolute atomic E-state index is 0.125. The van der Waals surface area contributed by atoms with E-state index < -0.39 is 0 Å². The Hall–Kier alpha value is -0.410. The summed E-state index contributed by atoms with van der Waals surface area (Å²) in [5.41, 5.74) is 1.09. The smallest absolute Gasteiger partial charge is 0.130 e. The number of halogens is 1. The van der Waals surface area contributed by atoms with Crippen molar-refractivity contribution in [1.29, 1.82) is 0 Å². The van der Waals surface area contributed by atoms with E-state index in [9.17, 15) is 0 Å². The first kappa shape index (κ1) is 10.7. The summed E-state index contributed by atoms with van der Waals surface area (Å²) in [6.07, 6.45) is 0. The van der Waals surface area contributed by atoms with Gasteiger partial charge in [-0.1, -0.05) is 26.1 Å². The van der Waals surface area contributed by atoms with Crippen LogP contribution in [0.25, 0.3) is 0 Å². The Morgan fingerprint density at radius 3 is 2.54 bits per heavy atom. The third kappa shape index (κ3) is 2.78. The van der Waals surface area contributed by atoms with E-state index in [1.807, 2.05) is 13.0 Å². The molecular formula is C9H13ClN2S. The molecular weight excluding hydrogens is 204 g/mol. The molecule has 0 bridgehead atoms. The van der Waals surface area contributed by atoms with Crippen molar-refractivity contribution in [3.8, 4) is 0 Å². The minimum atomic E-state index is -0.125. The molecule has 1 unspecified atom stereocenters. The van der Waals surface area contributed by atoms with Gasteiger partial charge >= 0.3 is 0 Å². The number of H-pyrrole nitrogens is 1. The van der Waals surface area contributed by atoms with E-state index >= 15 is 0 Å². The molecule has 4 heteroatoms. The van der Waals surface area contributed by atoms with Gasteiger partial charge in [0.1, 0.15) is 10.5 Å². The molecule has 0 radical (unpaired) electrons. The molecule has 0 aliphatic rings. The lowest BCUT2D eigenvalue weighted by Crippen LogP contribution is -2.01. The van der Waals surface area contributed by atoms with E-state index in [4.69, 9.17) is 23.8 Å². The maximum Gasteiger partial charge on any atom is 0.130 e. The molecule has 72 valence electrons. The molecule has 0 amide bonds. The fourth-order valence-corrected chi connectivity index (χ4v) is 1.32. The topological polar surface area (TPSA) is 28.7 Å². The van der Waals surface area contributed by atoms with Gasteiger partial charge in [-0.3, -0.25) is 0 Å². The second kappa shape index (κ2) is 4.20. The molecule has 1 aromatic rings. The van der Waals surface area contributed by atoms with Crippen molar-refractivity contribution in [1.82, 2.24) is 9.97 Å². The number of aromatic amines is 1. The fourth-order valence-electron chi connectivity index (χ4n) is 0.995. The molecule has 1 aromatic heterocycles. The van der Waals surface area contributed by atoms with Crippen LogP contribution in [0, 0.1) is 4.64 Å². The summed E-state index contributed by atoms with van der Waals surface area (Å²) in [6.45, 7) is 6.08. The van der Waals surface area contributed by atoms with Crippen LogP contribution < -0.4 is 0 Å². The van der Waals surface area contributed by atoms with Crippen LogP contribution in [0.2, 0.25) is 0 Å². The standard InChI is InChI=1S/C9H13ClN2S/c1-5(2)7-4-8(13)12-9(11-7)6(3)10/h4-6H,1-3H3,(H,11,12,13). The number of hydrogen-bond acceptors (Lipinski definition) is 2. The third-order valence-corrected chi connectivity index (χ3v) is 2.20. The average Bonchev–Trinajstić information content (AvgIpc) is 2.03. The SMILES string of the molecule is CC(C)c1cc(=S)nc(C(C)Cl)[nH]1. The van der Waals surface area contributed by atoms with Gasteiger partial charge in [0.25, 0.3) is 0 Å². The van der Waals surface area contributed by atoms with E-state index in [1.54, 1.807) is 0 Å². The molecule has 1 heterocycles. The maximum atomic E-state index is 5.91. The van der Waals surface area contributed by atoms with Crippen molar-refractivity contribution in [2.24, 2.45) is 0 Å². The van der Waals surface area contributed by atoms with Gasteiger partial charge in [-0.05, 0) is 18.9 Å². The van der Waals surface area contributed by atoms with Crippen LogP contribution in [-0.2, 0) is 0 Å². The summed E-state index contributed by atoms with van der Waals surface area (Å²) in [7, 11) is 0. The predicted molar refractivity (Wildman–Crippen MR) is 57.8 cm³/mol. The molecule has 0 aliphatic carbocycles. The molecule has 0 spiro atoms. The average molecular weight is 217 g/mol. The minimum Gasteiger partial charge on any atom is -0.346 e. The molecule has 0 fully saturated rings. The number of hydrogen-bond donors (Lipinski definition) is 1. The second-order valence-electron chi connectivity index (χ2n) is 3.33. The Bertz CT molecular complexity index is 314. The van der Waals surface area contributed by atoms with Crippen molar-refractivity contribution < 1.29 is 0 Å². The highest BCUT2D eigenvalue weighted by Crippen LogP contribution is 2.18. The van der Waals surface area contributed by atoms with Gasteiger partial charge in [0.15, 0.2) is 0 Å². The molecule has 13 heavy (non-hydrogen) atoms. The number of nitrogens with one attached hydrogen (secondary N) is 1. The second-order valence-corrected chi connectivity index (χ2v) is 4.40. The van der Waals surface area contributed by atoms with Crippen LogP contribution in [-0.4, -0.2) is 9.97 Å². The summed E-state index contributed by atoms with van der Waals surface area (Å²) < 4.78 is 0.602. The van der Waals surface area contributed by atoms with Gasteiger partial charge in [-0.25, -0.2) is 4.98 Å².